The molecule has 2 fully saturated rings. The molecule has 7 nitrogen and oxygen atoms in total. The number of aromatic nitrogens is 1. The van der Waals surface area contributed by atoms with Crippen LogP contribution in [0.1, 0.15) is 65.2 Å². The van der Waals surface area contributed by atoms with Crippen LogP contribution in [-0.4, -0.2) is 29.5 Å². The fourth-order valence-corrected chi connectivity index (χ4v) is 6.51. The summed E-state index contributed by atoms with van der Waals surface area (Å²) in [4.78, 5) is 42.9. The lowest BCUT2D eigenvalue weighted by atomic mass is 9.82. The highest BCUT2D eigenvalue weighted by molar-refractivity contribution is 7.21. The fraction of sp³-hybridized carbons (Fsp3) is 0.484. The standard InChI is InChI=1S/C31H35NO6S/c1-3-36-29(33)20-12-14-22(15-13-20)31(35)38-26-17-16-23(37-30(34)21-10-8-19(2)9-11-21)18-24(26)28-32-25-6-4-5-7-27(25)39-28/h4-7,16-22H,3,8-15H2,1-2H3. The van der Waals surface area contributed by atoms with Crippen LogP contribution in [0.3, 0.4) is 0 Å². The minimum absolute atomic E-state index is 0.0886. The van der Waals surface area contributed by atoms with E-state index in [4.69, 9.17) is 19.2 Å². The van der Waals surface area contributed by atoms with E-state index in [2.05, 4.69) is 6.92 Å². The normalized spacial score (nSPS) is 23.2. The molecular formula is C31H35NO6S. The van der Waals surface area contributed by atoms with Crippen molar-refractivity contribution in [1.29, 1.82) is 0 Å². The number of rotatable bonds is 7. The molecule has 1 aromatic heterocycles. The Hall–Kier alpha value is -3.26. The van der Waals surface area contributed by atoms with Gasteiger partial charge >= 0.3 is 17.9 Å². The van der Waals surface area contributed by atoms with E-state index in [0.29, 0.717) is 60.3 Å². The summed E-state index contributed by atoms with van der Waals surface area (Å²) in [5.74, 6) is 0.207. The fourth-order valence-electron chi connectivity index (χ4n) is 5.53. The summed E-state index contributed by atoms with van der Waals surface area (Å²) >= 11 is 1.50. The summed E-state index contributed by atoms with van der Waals surface area (Å²) in [5.41, 5.74) is 1.47. The monoisotopic (exact) mass is 549 g/mol. The quantitative estimate of drug-likeness (QED) is 0.232. The second kappa shape index (κ2) is 12.3. The van der Waals surface area contributed by atoms with Gasteiger partial charge in [-0.3, -0.25) is 14.4 Å². The van der Waals surface area contributed by atoms with Crippen molar-refractivity contribution in [2.75, 3.05) is 6.61 Å². The van der Waals surface area contributed by atoms with Crippen molar-refractivity contribution in [2.24, 2.45) is 23.7 Å². The first-order valence-electron chi connectivity index (χ1n) is 14.0. The Morgan fingerprint density at radius 2 is 1.44 bits per heavy atom. The molecule has 3 aromatic rings. The number of thiazole rings is 1. The van der Waals surface area contributed by atoms with E-state index in [1.807, 2.05) is 24.3 Å². The third-order valence-electron chi connectivity index (χ3n) is 7.93. The molecule has 0 atom stereocenters. The Balaban J connectivity index is 1.34. The molecule has 2 saturated carbocycles. The first-order chi connectivity index (χ1) is 18.9. The van der Waals surface area contributed by atoms with Crippen LogP contribution in [0.15, 0.2) is 42.5 Å². The number of nitrogens with zero attached hydrogens (tertiary/aromatic N) is 1. The number of hydrogen-bond donors (Lipinski definition) is 0. The van der Waals surface area contributed by atoms with Gasteiger partial charge in [0.2, 0.25) is 0 Å². The number of fused-ring (bicyclic) bond motifs is 1. The lowest BCUT2D eigenvalue weighted by molar-refractivity contribution is -0.151. The third kappa shape index (κ3) is 6.49. The Morgan fingerprint density at radius 3 is 2.10 bits per heavy atom. The van der Waals surface area contributed by atoms with Crippen molar-refractivity contribution < 1.29 is 28.6 Å². The number of carbonyl (C=O) groups is 3. The number of ether oxygens (including phenoxy) is 3. The molecule has 0 unspecified atom stereocenters. The summed E-state index contributed by atoms with van der Waals surface area (Å²) in [6, 6.07) is 13.0. The predicted molar refractivity (Wildman–Crippen MR) is 150 cm³/mol. The molecule has 0 saturated heterocycles. The molecule has 0 radical (unpaired) electrons. The van der Waals surface area contributed by atoms with Crippen molar-refractivity contribution in [2.45, 2.75) is 65.2 Å². The summed E-state index contributed by atoms with van der Waals surface area (Å²) in [6.45, 7) is 4.38. The maximum atomic E-state index is 13.2. The molecule has 2 aromatic carbocycles. The van der Waals surface area contributed by atoms with Crippen LogP contribution in [0, 0.1) is 23.7 Å². The van der Waals surface area contributed by atoms with Crippen LogP contribution in [0.5, 0.6) is 11.5 Å². The van der Waals surface area contributed by atoms with Crippen molar-refractivity contribution in [1.82, 2.24) is 4.98 Å². The van der Waals surface area contributed by atoms with Gasteiger partial charge in [0, 0.05) is 0 Å². The summed E-state index contributed by atoms with van der Waals surface area (Å²) < 4.78 is 17.9. The average molecular weight is 550 g/mol. The summed E-state index contributed by atoms with van der Waals surface area (Å²) in [6.07, 6.45) is 6.14. The van der Waals surface area contributed by atoms with E-state index in [1.54, 1.807) is 25.1 Å². The Morgan fingerprint density at radius 1 is 0.821 bits per heavy atom. The van der Waals surface area contributed by atoms with E-state index in [-0.39, 0.29) is 35.7 Å². The van der Waals surface area contributed by atoms with E-state index >= 15 is 0 Å². The van der Waals surface area contributed by atoms with Crippen LogP contribution in [0.2, 0.25) is 0 Å². The molecular weight excluding hydrogens is 514 g/mol. The molecule has 8 heteroatoms. The number of esters is 3. The zero-order valence-electron chi connectivity index (χ0n) is 22.5. The molecule has 0 spiro atoms. The molecule has 1 heterocycles. The van der Waals surface area contributed by atoms with Gasteiger partial charge in [-0.2, -0.15) is 0 Å². The van der Waals surface area contributed by atoms with Crippen molar-refractivity contribution >= 4 is 39.5 Å². The van der Waals surface area contributed by atoms with Crippen LogP contribution in [0.4, 0.5) is 0 Å². The van der Waals surface area contributed by atoms with Gasteiger partial charge < -0.3 is 14.2 Å². The average Bonchev–Trinajstić information content (AvgIpc) is 3.38. The van der Waals surface area contributed by atoms with Crippen LogP contribution < -0.4 is 9.47 Å². The molecule has 2 aliphatic rings. The molecule has 39 heavy (non-hydrogen) atoms. The predicted octanol–water partition coefficient (Wildman–Crippen LogP) is 6.97. The highest BCUT2D eigenvalue weighted by Gasteiger charge is 2.32. The van der Waals surface area contributed by atoms with E-state index in [1.165, 1.54) is 11.3 Å². The second-order valence-corrected chi connectivity index (χ2v) is 11.8. The van der Waals surface area contributed by atoms with Crippen molar-refractivity contribution in [3.8, 4) is 22.1 Å². The number of hydrogen-bond acceptors (Lipinski definition) is 8. The van der Waals surface area contributed by atoms with Gasteiger partial charge in [0.25, 0.3) is 0 Å². The second-order valence-electron chi connectivity index (χ2n) is 10.7. The Kier molecular flexibility index (Phi) is 8.60. The number of carbonyl (C=O) groups excluding carboxylic acids is 3. The maximum absolute atomic E-state index is 13.2. The molecule has 0 bridgehead atoms. The van der Waals surface area contributed by atoms with Gasteiger partial charge in [-0.1, -0.05) is 19.1 Å². The lowest BCUT2D eigenvalue weighted by Gasteiger charge is -2.26. The number of benzene rings is 2. The number of para-hydroxylation sites is 1. The van der Waals surface area contributed by atoms with Gasteiger partial charge in [-0.25, -0.2) is 4.98 Å². The minimum Gasteiger partial charge on any atom is -0.466 e. The summed E-state index contributed by atoms with van der Waals surface area (Å²) in [7, 11) is 0. The molecule has 0 amide bonds. The summed E-state index contributed by atoms with van der Waals surface area (Å²) in [5, 5.41) is 0.689. The smallest absolute Gasteiger partial charge is 0.314 e. The largest absolute Gasteiger partial charge is 0.466 e. The van der Waals surface area contributed by atoms with Gasteiger partial charge in [0.15, 0.2) is 0 Å². The Labute approximate surface area is 232 Å². The highest BCUT2D eigenvalue weighted by atomic mass is 32.1. The van der Waals surface area contributed by atoms with Gasteiger partial charge in [0.1, 0.15) is 16.5 Å². The lowest BCUT2D eigenvalue weighted by Crippen LogP contribution is -2.29. The molecule has 2 aliphatic carbocycles. The maximum Gasteiger partial charge on any atom is 0.314 e. The first kappa shape index (κ1) is 27.3. The van der Waals surface area contributed by atoms with Crippen LogP contribution in [-0.2, 0) is 19.1 Å². The third-order valence-corrected chi connectivity index (χ3v) is 9.00. The molecule has 0 N–H and O–H groups in total. The zero-order valence-corrected chi connectivity index (χ0v) is 23.3. The van der Waals surface area contributed by atoms with Gasteiger partial charge in [-0.15, -0.1) is 11.3 Å². The van der Waals surface area contributed by atoms with Crippen molar-refractivity contribution in [3.05, 3.63) is 42.5 Å². The van der Waals surface area contributed by atoms with Crippen molar-refractivity contribution in [3.63, 3.8) is 0 Å². The van der Waals surface area contributed by atoms with Gasteiger partial charge in [0.05, 0.1) is 40.1 Å². The molecule has 5 rings (SSSR count). The molecule has 0 aliphatic heterocycles. The van der Waals surface area contributed by atoms with E-state index in [0.717, 1.165) is 35.9 Å². The van der Waals surface area contributed by atoms with Gasteiger partial charge in [-0.05, 0) is 94.5 Å². The van der Waals surface area contributed by atoms with Crippen LogP contribution >= 0.6 is 11.3 Å². The Bertz CT molecular complexity index is 1300. The van der Waals surface area contributed by atoms with E-state index < -0.39 is 0 Å². The van der Waals surface area contributed by atoms with Crippen LogP contribution in [0.25, 0.3) is 20.8 Å². The minimum atomic E-state index is -0.319. The first-order valence-corrected chi connectivity index (χ1v) is 14.8. The molecule has 206 valence electrons. The topological polar surface area (TPSA) is 91.8 Å². The highest BCUT2D eigenvalue weighted by Crippen LogP contribution is 2.40. The van der Waals surface area contributed by atoms with E-state index in [9.17, 15) is 14.4 Å². The SMILES string of the molecule is CCOC(=O)C1CCC(C(=O)Oc2ccc(OC(=O)C3CCC(C)CC3)cc2-c2nc3ccccc3s2)CC1. The zero-order chi connectivity index (χ0) is 27.4.